The quantitative estimate of drug-likeness (QED) is 0.924. The lowest BCUT2D eigenvalue weighted by atomic mass is 9.94. The van der Waals surface area contributed by atoms with E-state index in [1.54, 1.807) is 11.3 Å². The Morgan fingerprint density at radius 3 is 3.00 bits per heavy atom. The third kappa shape index (κ3) is 2.43. The molecule has 0 radical (unpaired) electrons. The van der Waals surface area contributed by atoms with Crippen molar-refractivity contribution in [2.75, 3.05) is 13.1 Å². The number of carbonyl (C=O) groups is 1. The molecule has 1 aliphatic heterocycles. The van der Waals surface area contributed by atoms with Crippen molar-refractivity contribution in [3.05, 3.63) is 22.4 Å². The zero-order valence-corrected chi connectivity index (χ0v) is 12.1. The number of carbonyl (C=O) groups excluding carboxylic acids is 1. The molecule has 3 atom stereocenters. The molecule has 1 aromatic heterocycles. The summed E-state index contributed by atoms with van der Waals surface area (Å²) in [6.07, 6.45) is 5.58. The molecule has 1 saturated carbocycles. The van der Waals surface area contributed by atoms with Crippen molar-refractivity contribution >= 4 is 17.2 Å². The second kappa shape index (κ2) is 5.63. The van der Waals surface area contributed by atoms with Crippen LogP contribution in [0.3, 0.4) is 0 Å². The van der Waals surface area contributed by atoms with Crippen molar-refractivity contribution in [3.8, 4) is 0 Å². The van der Waals surface area contributed by atoms with Gasteiger partial charge in [0.25, 0.3) is 0 Å². The summed E-state index contributed by atoms with van der Waals surface area (Å²) in [5, 5.41) is 2.11. The Hall–Kier alpha value is -0.870. The topological polar surface area (TPSA) is 46.3 Å². The van der Waals surface area contributed by atoms with Gasteiger partial charge in [-0.25, -0.2) is 0 Å². The molecule has 3 rings (SSSR count). The van der Waals surface area contributed by atoms with Gasteiger partial charge in [-0.1, -0.05) is 12.5 Å². The minimum atomic E-state index is 0.186. The Labute approximate surface area is 118 Å². The van der Waals surface area contributed by atoms with E-state index >= 15 is 0 Å². The Morgan fingerprint density at radius 1 is 1.37 bits per heavy atom. The fraction of sp³-hybridized carbons (Fsp3) is 0.667. The highest BCUT2D eigenvalue weighted by Crippen LogP contribution is 2.39. The summed E-state index contributed by atoms with van der Waals surface area (Å²) in [6.45, 7) is 1.59. The van der Waals surface area contributed by atoms with Crippen molar-refractivity contribution in [1.82, 2.24) is 4.90 Å². The number of hydrogen-bond acceptors (Lipinski definition) is 3. The first-order valence-corrected chi connectivity index (χ1v) is 8.23. The van der Waals surface area contributed by atoms with Gasteiger partial charge in [0.05, 0.1) is 6.04 Å². The zero-order chi connectivity index (χ0) is 13.2. The summed E-state index contributed by atoms with van der Waals surface area (Å²) in [6, 6.07) is 4.57. The Bertz CT molecular complexity index is 431. The molecule has 0 spiro atoms. The molecule has 0 bridgehead atoms. The van der Waals surface area contributed by atoms with E-state index in [0.717, 1.165) is 38.6 Å². The van der Waals surface area contributed by atoms with E-state index in [1.165, 1.54) is 4.88 Å². The van der Waals surface area contributed by atoms with E-state index in [2.05, 4.69) is 22.4 Å². The molecular formula is C15H22N2OS. The standard InChI is InChI=1S/C15H22N2OS/c16-10-11-4-1-5-12(11)15(18)17-8-2-6-13(17)14-7-3-9-19-14/h3,7,9,11-13H,1-2,4-6,8,10,16H2. The second-order valence-electron chi connectivity index (χ2n) is 5.74. The fourth-order valence-corrected chi connectivity index (χ4v) is 4.54. The van der Waals surface area contributed by atoms with Gasteiger partial charge in [-0.15, -0.1) is 11.3 Å². The van der Waals surface area contributed by atoms with Gasteiger partial charge in [-0.3, -0.25) is 4.79 Å². The van der Waals surface area contributed by atoms with Crippen LogP contribution in [0.2, 0.25) is 0 Å². The van der Waals surface area contributed by atoms with Gasteiger partial charge < -0.3 is 10.6 Å². The highest BCUT2D eigenvalue weighted by Gasteiger charge is 2.39. The molecule has 3 unspecified atom stereocenters. The Balaban J connectivity index is 1.75. The minimum absolute atomic E-state index is 0.186. The Morgan fingerprint density at radius 2 is 2.26 bits per heavy atom. The van der Waals surface area contributed by atoms with Crippen LogP contribution < -0.4 is 5.73 Å². The number of thiophene rings is 1. The van der Waals surface area contributed by atoms with Gasteiger partial charge in [0.2, 0.25) is 5.91 Å². The molecule has 0 aromatic carbocycles. The van der Waals surface area contributed by atoms with Crippen LogP contribution in [-0.4, -0.2) is 23.9 Å². The van der Waals surface area contributed by atoms with Gasteiger partial charge >= 0.3 is 0 Å². The number of nitrogens with zero attached hydrogens (tertiary/aromatic N) is 1. The number of likely N-dealkylation sites (tertiary alicyclic amines) is 1. The highest BCUT2D eigenvalue weighted by atomic mass is 32.1. The van der Waals surface area contributed by atoms with Gasteiger partial charge in [-0.05, 0) is 49.6 Å². The molecular weight excluding hydrogens is 256 g/mol. The smallest absolute Gasteiger partial charge is 0.226 e. The van der Waals surface area contributed by atoms with Crippen LogP contribution in [0.15, 0.2) is 17.5 Å². The molecule has 2 N–H and O–H groups in total. The lowest BCUT2D eigenvalue weighted by molar-refractivity contribution is -0.137. The van der Waals surface area contributed by atoms with Crippen LogP contribution in [-0.2, 0) is 4.79 Å². The van der Waals surface area contributed by atoms with Crippen LogP contribution in [0.5, 0.6) is 0 Å². The lowest BCUT2D eigenvalue weighted by Crippen LogP contribution is -2.38. The lowest BCUT2D eigenvalue weighted by Gasteiger charge is -2.29. The first-order chi connectivity index (χ1) is 9.31. The summed E-state index contributed by atoms with van der Waals surface area (Å²) in [7, 11) is 0. The second-order valence-corrected chi connectivity index (χ2v) is 6.72. The zero-order valence-electron chi connectivity index (χ0n) is 11.3. The Kier molecular flexibility index (Phi) is 3.89. The molecule has 3 nitrogen and oxygen atoms in total. The molecule has 2 aliphatic rings. The van der Waals surface area contributed by atoms with E-state index in [-0.39, 0.29) is 5.92 Å². The molecule has 1 amide bonds. The number of nitrogens with two attached hydrogens (primary N) is 1. The third-order valence-electron chi connectivity index (χ3n) is 4.69. The third-order valence-corrected chi connectivity index (χ3v) is 5.66. The maximum Gasteiger partial charge on any atom is 0.226 e. The SMILES string of the molecule is NCC1CCCC1C(=O)N1CCCC1c1cccs1. The van der Waals surface area contributed by atoms with Crippen molar-refractivity contribution in [2.45, 2.75) is 38.1 Å². The number of rotatable bonds is 3. The summed E-state index contributed by atoms with van der Waals surface area (Å²) in [4.78, 5) is 16.3. The van der Waals surface area contributed by atoms with Gasteiger partial charge in [0, 0.05) is 17.3 Å². The molecule has 19 heavy (non-hydrogen) atoms. The summed E-state index contributed by atoms with van der Waals surface area (Å²) in [5.74, 6) is 0.964. The van der Waals surface area contributed by atoms with Crippen LogP contribution in [0.4, 0.5) is 0 Å². The van der Waals surface area contributed by atoms with Gasteiger partial charge in [0.15, 0.2) is 0 Å². The first-order valence-electron chi connectivity index (χ1n) is 7.35. The van der Waals surface area contributed by atoms with E-state index in [4.69, 9.17) is 5.73 Å². The van der Waals surface area contributed by atoms with E-state index in [9.17, 15) is 4.79 Å². The minimum Gasteiger partial charge on any atom is -0.335 e. The molecule has 1 aromatic rings. The van der Waals surface area contributed by atoms with Gasteiger partial charge in [0.1, 0.15) is 0 Å². The van der Waals surface area contributed by atoms with Crippen molar-refractivity contribution in [1.29, 1.82) is 0 Å². The number of amides is 1. The van der Waals surface area contributed by atoms with E-state index < -0.39 is 0 Å². The molecule has 4 heteroatoms. The highest BCUT2D eigenvalue weighted by molar-refractivity contribution is 7.10. The van der Waals surface area contributed by atoms with Crippen molar-refractivity contribution < 1.29 is 4.79 Å². The van der Waals surface area contributed by atoms with E-state index in [1.807, 2.05) is 0 Å². The average molecular weight is 278 g/mol. The predicted octanol–water partition coefficient (Wildman–Crippen LogP) is 2.79. The van der Waals surface area contributed by atoms with Crippen molar-refractivity contribution in [3.63, 3.8) is 0 Å². The molecule has 1 aliphatic carbocycles. The summed E-state index contributed by atoms with van der Waals surface area (Å²) >= 11 is 1.77. The largest absolute Gasteiger partial charge is 0.335 e. The molecule has 1 saturated heterocycles. The van der Waals surface area contributed by atoms with E-state index in [0.29, 0.717) is 24.4 Å². The van der Waals surface area contributed by atoms with Crippen LogP contribution in [0.1, 0.15) is 43.0 Å². The van der Waals surface area contributed by atoms with Crippen LogP contribution >= 0.6 is 11.3 Å². The average Bonchev–Trinajstić information content (AvgIpc) is 3.16. The number of hydrogen-bond donors (Lipinski definition) is 1. The summed E-state index contributed by atoms with van der Waals surface area (Å²) < 4.78 is 0. The van der Waals surface area contributed by atoms with Crippen molar-refractivity contribution in [2.24, 2.45) is 17.6 Å². The summed E-state index contributed by atoms with van der Waals surface area (Å²) in [5.41, 5.74) is 5.82. The first kappa shape index (κ1) is 13.1. The maximum absolute atomic E-state index is 12.8. The molecule has 2 heterocycles. The van der Waals surface area contributed by atoms with Crippen LogP contribution in [0.25, 0.3) is 0 Å². The van der Waals surface area contributed by atoms with Gasteiger partial charge in [-0.2, -0.15) is 0 Å². The molecule has 104 valence electrons. The normalized spacial score (nSPS) is 31.0. The predicted molar refractivity (Wildman–Crippen MR) is 77.9 cm³/mol. The maximum atomic E-state index is 12.8. The monoisotopic (exact) mass is 278 g/mol. The molecule has 2 fully saturated rings. The van der Waals surface area contributed by atoms with Crippen LogP contribution in [0, 0.1) is 11.8 Å². The fourth-order valence-electron chi connectivity index (χ4n) is 3.66.